The normalized spacial score (nSPS) is 14.7. The molecule has 1 aliphatic rings. The van der Waals surface area contributed by atoms with Crippen LogP contribution in [0.15, 0.2) is 58.4 Å². The number of para-hydroxylation sites is 1. The Bertz CT molecular complexity index is 1050. The van der Waals surface area contributed by atoms with Gasteiger partial charge in [-0.25, -0.2) is 0 Å². The lowest BCUT2D eigenvalue weighted by molar-refractivity contribution is -0.121. The summed E-state index contributed by atoms with van der Waals surface area (Å²) in [5.74, 6) is 1.88. The first-order chi connectivity index (χ1) is 15.5. The Labute approximate surface area is 206 Å². The number of rotatable bonds is 10. The van der Waals surface area contributed by atoms with E-state index >= 15 is 0 Å². The van der Waals surface area contributed by atoms with Crippen molar-refractivity contribution in [3.63, 3.8) is 0 Å². The highest BCUT2D eigenvalue weighted by Crippen LogP contribution is 2.39. The molecule has 2 aromatic rings. The predicted octanol–water partition coefficient (Wildman–Crippen LogP) is 5.87. The summed E-state index contributed by atoms with van der Waals surface area (Å²) in [6.45, 7) is 6.97. The second kappa shape index (κ2) is 11.5. The van der Waals surface area contributed by atoms with E-state index in [2.05, 4.69) is 22.5 Å². The van der Waals surface area contributed by atoms with Crippen LogP contribution in [-0.4, -0.2) is 42.0 Å². The number of amides is 1. The van der Waals surface area contributed by atoms with Gasteiger partial charge in [0.05, 0.1) is 16.5 Å². The smallest absolute Gasteiger partial charge is 0.266 e. The van der Waals surface area contributed by atoms with E-state index in [1.165, 1.54) is 11.8 Å². The number of ether oxygens (including phenoxy) is 3. The van der Waals surface area contributed by atoms with Crippen LogP contribution in [0.1, 0.15) is 18.1 Å². The van der Waals surface area contributed by atoms with Crippen molar-refractivity contribution in [3.8, 4) is 17.2 Å². The molecule has 32 heavy (non-hydrogen) atoms. The number of hydrogen-bond acceptors (Lipinski definition) is 6. The predicted molar refractivity (Wildman–Crippen MR) is 138 cm³/mol. The van der Waals surface area contributed by atoms with Crippen molar-refractivity contribution in [1.29, 1.82) is 0 Å². The van der Waals surface area contributed by atoms with E-state index in [0.29, 0.717) is 40.5 Å². The fraction of sp³-hybridized carbons (Fsp3) is 0.250. The van der Waals surface area contributed by atoms with Gasteiger partial charge in [0.25, 0.3) is 5.91 Å². The van der Waals surface area contributed by atoms with E-state index in [9.17, 15) is 4.79 Å². The van der Waals surface area contributed by atoms with E-state index in [1.54, 1.807) is 12.0 Å². The third-order valence-electron chi connectivity index (χ3n) is 4.66. The maximum atomic E-state index is 12.5. The molecule has 1 amide bonds. The Morgan fingerprint density at radius 1 is 1.19 bits per heavy atom. The summed E-state index contributed by atoms with van der Waals surface area (Å²) in [7, 11) is 1.58. The van der Waals surface area contributed by atoms with Crippen LogP contribution in [0, 0.1) is 0 Å². The first kappa shape index (κ1) is 24.4. The minimum absolute atomic E-state index is 0.0770. The maximum Gasteiger partial charge on any atom is 0.266 e. The van der Waals surface area contributed by atoms with Gasteiger partial charge >= 0.3 is 0 Å². The average molecular weight is 534 g/mol. The summed E-state index contributed by atoms with van der Waals surface area (Å²) in [5.41, 5.74) is 1.89. The van der Waals surface area contributed by atoms with Gasteiger partial charge in [0, 0.05) is 6.54 Å². The highest BCUT2D eigenvalue weighted by Gasteiger charge is 2.30. The first-order valence-electron chi connectivity index (χ1n) is 10.1. The van der Waals surface area contributed by atoms with E-state index in [-0.39, 0.29) is 5.91 Å². The number of halogens is 1. The molecule has 3 rings (SSSR count). The molecule has 1 fully saturated rings. The van der Waals surface area contributed by atoms with E-state index < -0.39 is 0 Å². The fourth-order valence-electron chi connectivity index (χ4n) is 3.15. The van der Waals surface area contributed by atoms with Crippen molar-refractivity contribution in [2.75, 3.05) is 26.9 Å². The largest absolute Gasteiger partial charge is 0.493 e. The zero-order chi connectivity index (χ0) is 23.1. The van der Waals surface area contributed by atoms with E-state index in [1.807, 2.05) is 55.5 Å². The third-order valence-corrected chi connectivity index (χ3v) is 6.63. The number of carbonyl (C=O) groups excluding carboxylic acids is 1. The number of thiocarbonyl (C=S) groups is 1. The molecule has 0 aliphatic carbocycles. The van der Waals surface area contributed by atoms with Crippen LogP contribution >= 0.6 is 39.9 Å². The van der Waals surface area contributed by atoms with Gasteiger partial charge in [-0.3, -0.25) is 9.69 Å². The van der Waals surface area contributed by atoms with Crippen LogP contribution in [0.2, 0.25) is 0 Å². The SMILES string of the molecule is C=CCc1ccccc1OCCOc1c(Br)cc(/C=C2\SC(=S)N(CC)C2=O)cc1OC. The summed E-state index contributed by atoms with van der Waals surface area (Å²) in [6, 6.07) is 11.6. The van der Waals surface area contributed by atoms with Crippen LogP contribution in [0.25, 0.3) is 6.08 Å². The van der Waals surface area contributed by atoms with Crippen LogP contribution in [-0.2, 0) is 11.2 Å². The molecule has 8 heteroatoms. The van der Waals surface area contributed by atoms with Gasteiger partial charge in [0.2, 0.25) is 0 Å². The molecule has 0 radical (unpaired) electrons. The summed E-state index contributed by atoms with van der Waals surface area (Å²) >= 11 is 10.1. The highest BCUT2D eigenvalue weighted by atomic mass is 79.9. The summed E-state index contributed by atoms with van der Waals surface area (Å²) in [5, 5.41) is 0. The molecule has 1 heterocycles. The lowest BCUT2D eigenvalue weighted by atomic mass is 10.1. The van der Waals surface area contributed by atoms with Gasteiger partial charge < -0.3 is 14.2 Å². The van der Waals surface area contributed by atoms with Crippen LogP contribution in [0.5, 0.6) is 17.2 Å². The molecule has 5 nitrogen and oxygen atoms in total. The Hall–Kier alpha value is -2.29. The number of thioether (sulfide) groups is 1. The minimum Gasteiger partial charge on any atom is -0.493 e. The lowest BCUT2D eigenvalue weighted by Crippen LogP contribution is -2.27. The van der Waals surface area contributed by atoms with Crippen molar-refractivity contribution in [1.82, 2.24) is 4.90 Å². The van der Waals surface area contributed by atoms with Crippen molar-refractivity contribution in [2.24, 2.45) is 0 Å². The van der Waals surface area contributed by atoms with E-state index in [0.717, 1.165) is 27.8 Å². The summed E-state index contributed by atoms with van der Waals surface area (Å²) in [4.78, 5) is 14.7. The number of allylic oxidation sites excluding steroid dienone is 1. The molecule has 0 atom stereocenters. The molecule has 0 saturated carbocycles. The van der Waals surface area contributed by atoms with Crippen molar-refractivity contribution >= 4 is 56.2 Å². The molecular weight excluding hydrogens is 510 g/mol. The van der Waals surface area contributed by atoms with Crippen LogP contribution in [0.4, 0.5) is 0 Å². The summed E-state index contributed by atoms with van der Waals surface area (Å²) in [6.07, 6.45) is 4.41. The standard InChI is InChI=1S/C24H24BrNO4S2/c1-4-8-17-9-6-7-10-19(17)29-11-12-30-22-18(25)13-16(14-20(22)28-3)15-21-23(27)26(5-2)24(31)32-21/h4,6-7,9-10,13-15H,1,5,8,11-12H2,2-3H3/b21-15-. The molecule has 0 bridgehead atoms. The first-order valence-corrected chi connectivity index (χ1v) is 12.1. The Balaban J connectivity index is 1.68. The molecule has 0 N–H and O–H groups in total. The molecule has 0 spiro atoms. The molecule has 1 aliphatic heterocycles. The topological polar surface area (TPSA) is 48.0 Å². The van der Waals surface area contributed by atoms with Gasteiger partial charge in [0.1, 0.15) is 23.3 Å². The Kier molecular flexibility index (Phi) is 8.78. The highest BCUT2D eigenvalue weighted by molar-refractivity contribution is 9.10. The molecule has 168 valence electrons. The van der Waals surface area contributed by atoms with Crippen molar-refractivity contribution < 1.29 is 19.0 Å². The second-order valence-corrected chi connectivity index (χ2v) is 9.29. The van der Waals surface area contributed by atoms with Crippen molar-refractivity contribution in [3.05, 3.63) is 69.6 Å². The fourth-order valence-corrected chi connectivity index (χ4v) is 5.11. The molecule has 2 aromatic carbocycles. The quantitative estimate of drug-likeness (QED) is 0.165. The number of hydrogen-bond donors (Lipinski definition) is 0. The third kappa shape index (κ3) is 5.74. The molecule has 0 aromatic heterocycles. The number of carbonyl (C=O) groups is 1. The number of methoxy groups -OCH3 is 1. The monoisotopic (exact) mass is 533 g/mol. The zero-order valence-corrected chi connectivity index (χ0v) is 21.1. The minimum atomic E-state index is -0.0770. The van der Waals surface area contributed by atoms with Gasteiger partial charge in [-0.05, 0) is 64.7 Å². The van der Waals surface area contributed by atoms with Crippen molar-refractivity contribution in [2.45, 2.75) is 13.3 Å². The zero-order valence-electron chi connectivity index (χ0n) is 17.9. The number of nitrogens with zero attached hydrogens (tertiary/aromatic N) is 1. The second-order valence-electron chi connectivity index (χ2n) is 6.76. The number of likely N-dealkylation sites (N-methyl/N-ethyl adjacent to an activating group) is 1. The van der Waals surface area contributed by atoms with Gasteiger partial charge in [-0.15, -0.1) is 6.58 Å². The van der Waals surface area contributed by atoms with Crippen LogP contribution < -0.4 is 14.2 Å². The van der Waals surface area contributed by atoms with Gasteiger partial charge in [-0.2, -0.15) is 0 Å². The Morgan fingerprint density at radius 3 is 2.62 bits per heavy atom. The lowest BCUT2D eigenvalue weighted by Gasteiger charge is -2.15. The Morgan fingerprint density at radius 2 is 1.94 bits per heavy atom. The maximum absolute atomic E-state index is 12.5. The average Bonchev–Trinajstić information content (AvgIpc) is 3.05. The molecule has 0 unspecified atom stereocenters. The van der Waals surface area contributed by atoms with Gasteiger partial charge in [0.15, 0.2) is 11.5 Å². The summed E-state index contributed by atoms with van der Waals surface area (Å²) < 4.78 is 18.6. The molecular formula is C24H24BrNO4S2. The molecule has 1 saturated heterocycles. The van der Waals surface area contributed by atoms with E-state index in [4.69, 9.17) is 26.4 Å². The van der Waals surface area contributed by atoms with Crippen LogP contribution in [0.3, 0.4) is 0 Å². The number of benzene rings is 2. The van der Waals surface area contributed by atoms with Gasteiger partial charge in [-0.1, -0.05) is 48.3 Å².